The molecule has 0 fully saturated rings. The van der Waals surface area contributed by atoms with Crippen molar-refractivity contribution in [1.29, 1.82) is 0 Å². The molecule has 0 heterocycles. The van der Waals surface area contributed by atoms with E-state index in [1.165, 1.54) is 43.2 Å². The maximum Gasteiger partial charge on any atom is 0.105 e. The molecule has 1 heteroatoms. The van der Waals surface area contributed by atoms with E-state index >= 15 is 0 Å². The highest BCUT2D eigenvalue weighted by molar-refractivity contribution is 7.77. The van der Waals surface area contributed by atoms with E-state index in [4.69, 9.17) is 0 Å². The normalized spacial score (nSPS) is 16.6. The highest BCUT2D eigenvalue weighted by Crippen LogP contribution is 2.14. The Hall–Kier alpha value is -0.170. The van der Waals surface area contributed by atoms with Gasteiger partial charge in [-0.25, -0.2) is 0 Å². The van der Waals surface area contributed by atoms with E-state index in [-0.39, 0.29) is 0 Å². The van der Waals surface area contributed by atoms with Crippen LogP contribution in [-0.4, -0.2) is 12.0 Å². The summed E-state index contributed by atoms with van der Waals surface area (Å²) in [5.41, 5.74) is 1.56. The zero-order chi connectivity index (χ0) is 7.94. The molecule has 0 saturated heterocycles. The van der Waals surface area contributed by atoms with Crippen molar-refractivity contribution < 1.29 is 0 Å². The minimum absolute atomic E-state index is 1.25. The van der Waals surface area contributed by atoms with Crippen molar-refractivity contribution in [3.8, 4) is 0 Å². The molecule has 0 N–H and O–H groups in total. The van der Waals surface area contributed by atoms with Gasteiger partial charge in [0.15, 0.2) is 0 Å². The lowest BCUT2D eigenvalue weighted by atomic mass is 10.0. The summed E-state index contributed by atoms with van der Waals surface area (Å²) < 4.78 is 0. The number of rotatable bonds is 4. The van der Waals surface area contributed by atoms with E-state index in [1.54, 1.807) is 5.57 Å². The third-order valence-electron chi connectivity index (χ3n) is 1.92. The van der Waals surface area contributed by atoms with Gasteiger partial charge >= 0.3 is 0 Å². The molecule has 1 aliphatic carbocycles. The van der Waals surface area contributed by atoms with E-state index in [1.807, 2.05) is 0 Å². The first-order chi connectivity index (χ1) is 5.43. The standard InChI is InChI=1S/C10H16S/c1-11-9-5-8-10-6-3-2-4-7-10/h3,6-7H,2,4-5,8-9H2,1H3/p+1. The van der Waals surface area contributed by atoms with Gasteiger partial charge in [0, 0.05) is 0 Å². The number of allylic oxidation sites excluding steroid dienone is 4. The van der Waals surface area contributed by atoms with Crippen molar-refractivity contribution in [2.45, 2.75) is 25.7 Å². The fourth-order valence-electron chi connectivity index (χ4n) is 1.29. The summed E-state index contributed by atoms with van der Waals surface area (Å²) in [6.07, 6.45) is 14.3. The first kappa shape index (κ1) is 8.92. The molecule has 0 aliphatic heterocycles. The third-order valence-corrected chi connectivity index (χ3v) is 2.68. The molecule has 0 aromatic heterocycles. The fraction of sp³-hybridized carbons (Fsp3) is 0.600. The SMILES string of the molecule is C[SH+]CCCC1=CCCC=C1. The van der Waals surface area contributed by atoms with Crippen LogP contribution in [0.25, 0.3) is 0 Å². The summed E-state index contributed by atoms with van der Waals surface area (Å²) >= 11 is 1.53. The van der Waals surface area contributed by atoms with Gasteiger partial charge < -0.3 is 0 Å². The molecule has 0 amide bonds. The zero-order valence-electron chi connectivity index (χ0n) is 7.21. The average Bonchev–Trinajstić information content (AvgIpc) is 2.07. The maximum atomic E-state index is 2.38. The molecule has 62 valence electrons. The van der Waals surface area contributed by atoms with Crippen LogP contribution in [0, 0.1) is 0 Å². The molecule has 0 unspecified atom stereocenters. The Morgan fingerprint density at radius 1 is 1.45 bits per heavy atom. The van der Waals surface area contributed by atoms with Gasteiger partial charge in [-0.15, -0.1) is 0 Å². The molecule has 0 atom stereocenters. The molecule has 0 bridgehead atoms. The Morgan fingerprint density at radius 3 is 3.00 bits per heavy atom. The van der Waals surface area contributed by atoms with Gasteiger partial charge in [-0.3, -0.25) is 0 Å². The summed E-state index contributed by atoms with van der Waals surface area (Å²) in [7, 11) is 0. The van der Waals surface area contributed by atoms with Crippen LogP contribution in [0.1, 0.15) is 25.7 Å². The molecule has 11 heavy (non-hydrogen) atoms. The largest absolute Gasteiger partial charge is 0.105 e. The van der Waals surface area contributed by atoms with Crippen LogP contribution in [0.15, 0.2) is 23.8 Å². The molecule has 0 saturated carbocycles. The molecule has 0 radical (unpaired) electrons. The summed E-state index contributed by atoms with van der Waals surface area (Å²) in [5.74, 6) is 1.35. The molecular formula is C10H17S+. The lowest BCUT2D eigenvalue weighted by Gasteiger charge is -2.03. The van der Waals surface area contributed by atoms with Crippen molar-refractivity contribution in [3.63, 3.8) is 0 Å². The quantitative estimate of drug-likeness (QED) is 0.344. The van der Waals surface area contributed by atoms with E-state index in [2.05, 4.69) is 24.5 Å². The van der Waals surface area contributed by atoms with E-state index in [9.17, 15) is 0 Å². The summed E-state index contributed by atoms with van der Waals surface area (Å²) in [5, 5.41) is 0. The Kier molecular flexibility index (Phi) is 4.44. The molecule has 0 aromatic rings. The van der Waals surface area contributed by atoms with Crippen molar-refractivity contribution >= 4 is 11.8 Å². The zero-order valence-corrected chi connectivity index (χ0v) is 8.11. The molecular weight excluding hydrogens is 152 g/mol. The fourth-order valence-corrected chi connectivity index (χ4v) is 1.77. The summed E-state index contributed by atoms with van der Waals surface area (Å²) in [6, 6.07) is 0. The molecule has 0 aromatic carbocycles. The van der Waals surface area contributed by atoms with E-state index in [0.29, 0.717) is 0 Å². The van der Waals surface area contributed by atoms with Crippen molar-refractivity contribution in [2.75, 3.05) is 12.0 Å². The van der Waals surface area contributed by atoms with Gasteiger partial charge in [-0.2, -0.15) is 0 Å². The second-order valence-electron chi connectivity index (χ2n) is 2.90. The van der Waals surface area contributed by atoms with Gasteiger partial charge in [-0.05, 0) is 37.4 Å². The van der Waals surface area contributed by atoms with Crippen LogP contribution in [0.2, 0.25) is 0 Å². The lowest BCUT2D eigenvalue weighted by molar-refractivity contribution is 0.902. The van der Waals surface area contributed by atoms with Crippen LogP contribution < -0.4 is 0 Å². The summed E-state index contributed by atoms with van der Waals surface area (Å²) in [4.78, 5) is 0. The number of hydrogen-bond acceptors (Lipinski definition) is 0. The van der Waals surface area contributed by atoms with Crippen LogP contribution in [0.4, 0.5) is 0 Å². The predicted molar refractivity (Wildman–Crippen MR) is 55.2 cm³/mol. The Bertz CT molecular complexity index is 156. The Labute approximate surface area is 73.8 Å². The monoisotopic (exact) mass is 169 g/mol. The maximum absolute atomic E-state index is 2.38. The third kappa shape index (κ3) is 3.66. The van der Waals surface area contributed by atoms with Crippen molar-refractivity contribution in [3.05, 3.63) is 23.8 Å². The van der Waals surface area contributed by atoms with Crippen LogP contribution in [0.5, 0.6) is 0 Å². The smallest absolute Gasteiger partial charge is 0.0840 e. The minimum Gasteiger partial charge on any atom is -0.0840 e. The first-order valence-electron chi connectivity index (χ1n) is 4.34. The predicted octanol–water partition coefficient (Wildman–Crippen LogP) is 2.49. The van der Waals surface area contributed by atoms with Gasteiger partial charge in [0.25, 0.3) is 0 Å². The number of thiol groups is 1. The van der Waals surface area contributed by atoms with E-state index in [0.717, 1.165) is 0 Å². The Balaban J connectivity index is 2.15. The van der Waals surface area contributed by atoms with Crippen molar-refractivity contribution in [1.82, 2.24) is 0 Å². The van der Waals surface area contributed by atoms with Crippen LogP contribution in [-0.2, 0) is 11.8 Å². The number of hydrogen-bond donors (Lipinski definition) is 0. The topological polar surface area (TPSA) is 0 Å². The van der Waals surface area contributed by atoms with Gasteiger partial charge in [0.1, 0.15) is 5.75 Å². The van der Waals surface area contributed by atoms with Gasteiger partial charge in [-0.1, -0.05) is 23.8 Å². The van der Waals surface area contributed by atoms with Crippen LogP contribution >= 0.6 is 0 Å². The molecule has 1 rings (SSSR count). The minimum atomic E-state index is 1.25. The molecule has 0 spiro atoms. The molecule has 0 nitrogen and oxygen atoms in total. The Morgan fingerprint density at radius 2 is 2.36 bits per heavy atom. The lowest BCUT2D eigenvalue weighted by Crippen LogP contribution is -1.90. The van der Waals surface area contributed by atoms with Gasteiger partial charge in [0.2, 0.25) is 0 Å². The van der Waals surface area contributed by atoms with Crippen molar-refractivity contribution in [2.24, 2.45) is 0 Å². The second kappa shape index (κ2) is 5.48. The van der Waals surface area contributed by atoms with E-state index < -0.39 is 0 Å². The highest BCUT2D eigenvalue weighted by Gasteiger charge is 1.97. The molecule has 1 aliphatic rings. The van der Waals surface area contributed by atoms with Crippen LogP contribution in [0.3, 0.4) is 0 Å². The summed E-state index contributed by atoms with van der Waals surface area (Å²) in [6.45, 7) is 0. The average molecular weight is 169 g/mol. The first-order valence-corrected chi connectivity index (χ1v) is 5.87. The highest BCUT2D eigenvalue weighted by atomic mass is 32.2. The second-order valence-corrected chi connectivity index (χ2v) is 3.98. The van der Waals surface area contributed by atoms with Gasteiger partial charge in [0.05, 0.1) is 6.26 Å².